The highest BCUT2D eigenvalue weighted by atomic mass is 32.2. The van der Waals surface area contributed by atoms with Crippen LogP contribution in [0.5, 0.6) is 11.5 Å². The second kappa shape index (κ2) is 7.87. The standard InChI is InChI=1S/C17H18N4O4S/c1-24-15-7-13-14(8-16(15)25-2)19-10-20-17(13)18-9-11-3-5-12(6-4-11)21-26(22)23/h3-8,10,26H,9H2,1-2H3,(H,18,19,20)(H,21,22,23). The van der Waals surface area contributed by atoms with E-state index in [0.717, 1.165) is 16.5 Å². The van der Waals surface area contributed by atoms with Gasteiger partial charge < -0.3 is 14.8 Å². The monoisotopic (exact) mass is 374 g/mol. The molecule has 8 nitrogen and oxygen atoms in total. The Bertz CT molecular complexity index is 982. The quantitative estimate of drug-likeness (QED) is 0.545. The van der Waals surface area contributed by atoms with Crippen molar-refractivity contribution in [3.05, 3.63) is 48.3 Å². The molecule has 0 unspecified atom stereocenters. The fraction of sp³-hybridized carbons (Fsp3) is 0.176. The maximum absolute atomic E-state index is 10.7. The van der Waals surface area contributed by atoms with E-state index >= 15 is 0 Å². The highest BCUT2D eigenvalue weighted by molar-refractivity contribution is 7.73. The van der Waals surface area contributed by atoms with Crippen molar-refractivity contribution in [1.82, 2.24) is 9.97 Å². The maximum Gasteiger partial charge on any atom is 0.222 e. The van der Waals surface area contributed by atoms with Gasteiger partial charge in [-0.05, 0) is 23.8 Å². The number of hydrogen-bond donors (Lipinski definition) is 3. The molecule has 0 saturated heterocycles. The molecule has 0 aliphatic rings. The zero-order valence-corrected chi connectivity index (χ0v) is 15.1. The average molecular weight is 374 g/mol. The van der Waals surface area contributed by atoms with E-state index in [9.17, 15) is 8.42 Å². The predicted molar refractivity (Wildman–Crippen MR) is 100 cm³/mol. The van der Waals surface area contributed by atoms with Crippen LogP contribution in [0.15, 0.2) is 42.7 Å². The number of rotatable bonds is 7. The molecule has 0 bridgehead atoms. The zero-order chi connectivity index (χ0) is 18.5. The molecule has 3 aromatic rings. The van der Waals surface area contributed by atoms with Crippen molar-refractivity contribution in [3.63, 3.8) is 0 Å². The molecule has 0 aliphatic heterocycles. The Balaban J connectivity index is 1.82. The van der Waals surface area contributed by atoms with Gasteiger partial charge in [-0.2, -0.15) is 0 Å². The lowest BCUT2D eigenvalue weighted by atomic mass is 10.2. The first-order valence-corrected chi connectivity index (χ1v) is 8.89. The molecule has 2 aromatic carbocycles. The zero-order valence-electron chi connectivity index (χ0n) is 14.2. The van der Waals surface area contributed by atoms with E-state index in [1.54, 1.807) is 32.4 Å². The number of aromatic nitrogens is 2. The number of nitrogens with one attached hydrogen (secondary N) is 2. The second-order valence-electron chi connectivity index (χ2n) is 5.37. The molecular formula is C17H18N4O4S. The van der Waals surface area contributed by atoms with Gasteiger partial charge >= 0.3 is 0 Å². The first kappa shape index (κ1) is 17.7. The Morgan fingerprint density at radius 2 is 1.69 bits per heavy atom. The predicted octanol–water partition coefficient (Wildman–Crippen LogP) is 2.20. The third-order valence-electron chi connectivity index (χ3n) is 3.77. The molecule has 0 amide bonds. The van der Waals surface area contributed by atoms with Crippen molar-refractivity contribution in [1.29, 1.82) is 0 Å². The fourth-order valence-electron chi connectivity index (χ4n) is 2.51. The van der Waals surface area contributed by atoms with Gasteiger partial charge in [0.2, 0.25) is 10.9 Å². The second-order valence-corrected chi connectivity index (χ2v) is 6.10. The van der Waals surface area contributed by atoms with Crippen LogP contribution in [0, 0.1) is 0 Å². The van der Waals surface area contributed by atoms with E-state index in [1.807, 2.05) is 18.2 Å². The summed E-state index contributed by atoms with van der Waals surface area (Å²) >= 11 is 0. The maximum atomic E-state index is 10.7. The summed E-state index contributed by atoms with van der Waals surface area (Å²) in [6.45, 7) is 0.518. The third kappa shape index (κ3) is 3.94. The van der Waals surface area contributed by atoms with E-state index in [0.29, 0.717) is 29.5 Å². The molecule has 3 rings (SSSR count). The number of hydrogen-bond acceptors (Lipinski definition) is 7. The van der Waals surface area contributed by atoms with Crippen molar-refractivity contribution in [3.8, 4) is 11.5 Å². The molecule has 1 heterocycles. The van der Waals surface area contributed by atoms with E-state index in [-0.39, 0.29) is 0 Å². The number of fused-ring (bicyclic) bond motifs is 1. The van der Waals surface area contributed by atoms with Gasteiger partial charge in [-0.3, -0.25) is 4.72 Å². The Morgan fingerprint density at radius 1 is 1.00 bits per heavy atom. The summed E-state index contributed by atoms with van der Waals surface area (Å²) < 4.78 is 34.3. The van der Waals surface area contributed by atoms with Crippen LogP contribution in [0.3, 0.4) is 0 Å². The normalized spacial score (nSPS) is 10.7. The van der Waals surface area contributed by atoms with Gasteiger partial charge in [0.25, 0.3) is 0 Å². The molecule has 1 aromatic heterocycles. The number of thiol groups is 1. The molecule has 0 aliphatic carbocycles. The van der Waals surface area contributed by atoms with Gasteiger partial charge in [-0.1, -0.05) is 12.1 Å². The highest BCUT2D eigenvalue weighted by Gasteiger charge is 2.10. The topological polar surface area (TPSA) is 102 Å². The Hall–Kier alpha value is -3.07. The smallest absolute Gasteiger partial charge is 0.222 e. The van der Waals surface area contributed by atoms with Crippen LogP contribution in [0.25, 0.3) is 10.9 Å². The average Bonchev–Trinajstić information content (AvgIpc) is 2.65. The molecule has 0 atom stereocenters. The lowest BCUT2D eigenvalue weighted by Crippen LogP contribution is -2.03. The summed E-state index contributed by atoms with van der Waals surface area (Å²) in [4.78, 5) is 8.57. The summed E-state index contributed by atoms with van der Waals surface area (Å²) in [7, 11) is 0.486. The molecule has 0 saturated carbocycles. The van der Waals surface area contributed by atoms with Gasteiger partial charge in [0.15, 0.2) is 11.5 Å². The lowest BCUT2D eigenvalue weighted by molar-refractivity contribution is 0.356. The number of ether oxygens (including phenoxy) is 2. The fourth-order valence-corrected chi connectivity index (χ4v) is 2.87. The van der Waals surface area contributed by atoms with Crippen LogP contribution in [0.2, 0.25) is 0 Å². The highest BCUT2D eigenvalue weighted by Crippen LogP contribution is 2.33. The van der Waals surface area contributed by atoms with Gasteiger partial charge in [-0.15, -0.1) is 0 Å². The molecular weight excluding hydrogens is 356 g/mol. The van der Waals surface area contributed by atoms with Crippen LogP contribution in [-0.2, 0) is 17.4 Å². The summed E-state index contributed by atoms with van der Waals surface area (Å²) in [6, 6.07) is 10.7. The number of anilines is 2. The molecule has 9 heteroatoms. The van der Waals surface area contributed by atoms with E-state index < -0.39 is 10.9 Å². The van der Waals surface area contributed by atoms with Crippen LogP contribution < -0.4 is 19.5 Å². The Labute approximate surface area is 152 Å². The van der Waals surface area contributed by atoms with Gasteiger partial charge in [0, 0.05) is 23.7 Å². The summed E-state index contributed by atoms with van der Waals surface area (Å²) in [6.07, 6.45) is 1.48. The number of nitrogens with zero attached hydrogens (tertiary/aromatic N) is 2. The van der Waals surface area contributed by atoms with Crippen LogP contribution in [-0.4, -0.2) is 32.6 Å². The van der Waals surface area contributed by atoms with Crippen molar-refractivity contribution < 1.29 is 17.9 Å². The Morgan fingerprint density at radius 3 is 2.35 bits per heavy atom. The van der Waals surface area contributed by atoms with E-state index in [4.69, 9.17) is 9.47 Å². The molecule has 0 spiro atoms. The minimum absolute atomic E-state index is 0.518. The van der Waals surface area contributed by atoms with Crippen molar-refractivity contribution in [2.24, 2.45) is 0 Å². The summed E-state index contributed by atoms with van der Waals surface area (Å²) in [5.41, 5.74) is 2.23. The third-order valence-corrected chi connectivity index (χ3v) is 4.22. The lowest BCUT2D eigenvalue weighted by Gasteiger charge is -2.12. The largest absolute Gasteiger partial charge is 0.493 e. The molecule has 136 valence electrons. The number of benzene rings is 2. The number of methoxy groups -OCH3 is 2. The molecule has 26 heavy (non-hydrogen) atoms. The molecule has 0 radical (unpaired) electrons. The van der Waals surface area contributed by atoms with Crippen molar-refractivity contribution in [2.75, 3.05) is 24.3 Å². The van der Waals surface area contributed by atoms with Gasteiger partial charge in [-0.25, -0.2) is 18.4 Å². The first-order valence-electron chi connectivity index (χ1n) is 7.71. The Kier molecular flexibility index (Phi) is 5.37. The van der Waals surface area contributed by atoms with Crippen LogP contribution in [0.4, 0.5) is 11.5 Å². The van der Waals surface area contributed by atoms with Gasteiger partial charge in [0.1, 0.15) is 12.1 Å². The summed E-state index contributed by atoms with van der Waals surface area (Å²) in [5.74, 6) is 1.87. The molecule has 2 N–H and O–H groups in total. The van der Waals surface area contributed by atoms with Crippen LogP contribution >= 0.6 is 0 Å². The van der Waals surface area contributed by atoms with Crippen molar-refractivity contribution in [2.45, 2.75) is 6.54 Å². The van der Waals surface area contributed by atoms with E-state index in [2.05, 4.69) is 20.0 Å². The summed E-state index contributed by atoms with van der Waals surface area (Å²) in [5, 5.41) is 4.08. The first-order chi connectivity index (χ1) is 12.6. The van der Waals surface area contributed by atoms with Crippen LogP contribution in [0.1, 0.15) is 5.56 Å². The minimum atomic E-state index is -2.66. The SMILES string of the molecule is COc1cc2ncnc(NCc3ccc(N[SH](=O)=O)cc3)c2cc1OC. The molecule has 0 fully saturated rings. The minimum Gasteiger partial charge on any atom is -0.493 e. The van der Waals surface area contributed by atoms with E-state index in [1.165, 1.54) is 6.33 Å². The van der Waals surface area contributed by atoms with Crippen molar-refractivity contribution >= 4 is 33.3 Å². The van der Waals surface area contributed by atoms with Gasteiger partial charge in [0.05, 0.1) is 19.7 Å².